The van der Waals surface area contributed by atoms with Crippen LogP contribution < -0.4 is 9.47 Å². The monoisotopic (exact) mass is 400 g/mol. The number of ether oxygens (including phenoxy) is 3. The van der Waals surface area contributed by atoms with E-state index in [-0.39, 0.29) is 13.2 Å². The average molecular weight is 400 g/mol. The molecule has 0 spiro atoms. The van der Waals surface area contributed by atoms with Crippen LogP contribution in [0.25, 0.3) is 0 Å². The quantitative estimate of drug-likeness (QED) is 0.323. The summed E-state index contributed by atoms with van der Waals surface area (Å²) in [6.45, 7) is 3.13. The lowest BCUT2D eigenvalue weighted by molar-refractivity contribution is 0.0492. The first-order valence-electron chi connectivity index (χ1n) is 9.97. The second-order valence-corrected chi connectivity index (χ2v) is 6.56. The van der Waals surface area contributed by atoms with Gasteiger partial charge in [-0.15, -0.1) is 0 Å². The van der Waals surface area contributed by atoms with Crippen molar-refractivity contribution in [2.75, 3.05) is 19.8 Å². The Balaban J connectivity index is 1.83. The first-order valence-corrected chi connectivity index (χ1v) is 9.97. The standard InChI is InChI=1S/C23H28O6/c1-2-3-5-16-27-20-11-7-19(8-12-20)23(26)29-21-13-9-18(10-14-21)22(25)28-17-6-4-15-24/h7-14,24H,2-6,15-17H2,1H3. The second-order valence-electron chi connectivity index (χ2n) is 6.56. The Morgan fingerprint density at radius 1 is 0.759 bits per heavy atom. The van der Waals surface area contributed by atoms with Gasteiger partial charge in [-0.1, -0.05) is 19.8 Å². The van der Waals surface area contributed by atoms with Gasteiger partial charge in [-0.3, -0.25) is 0 Å². The van der Waals surface area contributed by atoms with Crippen LogP contribution in [0.1, 0.15) is 59.7 Å². The van der Waals surface area contributed by atoms with Crippen LogP contribution in [0.2, 0.25) is 0 Å². The van der Waals surface area contributed by atoms with Gasteiger partial charge in [-0.25, -0.2) is 9.59 Å². The average Bonchev–Trinajstić information content (AvgIpc) is 2.75. The van der Waals surface area contributed by atoms with Crippen molar-refractivity contribution in [1.82, 2.24) is 0 Å². The molecule has 0 saturated heterocycles. The molecular formula is C23H28O6. The van der Waals surface area contributed by atoms with E-state index < -0.39 is 11.9 Å². The lowest BCUT2D eigenvalue weighted by atomic mass is 10.2. The predicted molar refractivity (Wildman–Crippen MR) is 109 cm³/mol. The molecule has 0 atom stereocenters. The Morgan fingerprint density at radius 3 is 1.97 bits per heavy atom. The van der Waals surface area contributed by atoms with E-state index in [0.717, 1.165) is 25.0 Å². The molecule has 0 heterocycles. The maximum atomic E-state index is 12.3. The first kappa shape index (κ1) is 22.4. The van der Waals surface area contributed by atoms with Crippen molar-refractivity contribution in [3.63, 3.8) is 0 Å². The minimum absolute atomic E-state index is 0.0757. The summed E-state index contributed by atoms with van der Waals surface area (Å²) in [5.41, 5.74) is 0.789. The van der Waals surface area contributed by atoms with E-state index in [0.29, 0.717) is 36.3 Å². The number of aliphatic hydroxyl groups is 1. The van der Waals surface area contributed by atoms with E-state index in [1.165, 1.54) is 0 Å². The topological polar surface area (TPSA) is 82.1 Å². The number of hydrogen-bond acceptors (Lipinski definition) is 6. The van der Waals surface area contributed by atoms with Crippen LogP contribution in [0.15, 0.2) is 48.5 Å². The van der Waals surface area contributed by atoms with Crippen LogP contribution >= 0.6 is 0 Å². The molecule has 0 aliphatic rings. The Bertz CT molecular complexity index is 752. The molecular weight excluding hydrogens is 372 g/mol. The molecule has 6 nitrogen and oxygen atoms in total. The Kier molecular flexibility index (Phi) is 9.72. The maximum absolute atomic E-state index is 12.3. The Labute approximate surface area is 171 Å². The SMILES string of the molecule is CCCCCOc1ccc(C(=O)Oc2ccc(C(=O)OCCCCO)cc2)cc1. The zero-order valence-corrected chi connectivity index (χ0v) is 16.8. The van der Waals surface area contributed by atoms with Crippen LogP contribution in [0.5, 0.6) is 11.5 Å². The molecule has 156 valence electrons. The van der Waals surface area contributed by atoms with Crippen LogP contribution in [0, 0.1) is 0 Å². The minimum Gasteiger partial charge on any atom is -0.494 e. The normalized spacial score (nSPS) is 10.4. The summed E-state index contributed by atoms with van der Waals surface area (Å²) in [6, 6.07) is 13.0. The van der Waals surface area contributed by atoms with Crippen molar-refractivity contribution in [2.24, 2.45) is 0 Å². The van der Waals surface area contributed by atoms with Crippen molar-refractivity contribution in [1.29, 1.82) is 0 Å². The van der Waals surface area contributed by atoms with Crippen molar-refractivity contribution in [3.05, 3.63) is 59.7 Å². The van der Waals surface area contributed by atoms with Gasteiger partial charge < -0.3 is 19.3 Å². The van der Waals surface area contributed by atoms with E-state index >= 15 is 0 Å². The largest absolute Gasteiger partial charge is 0.494 e. The summed E-state index contributed by atoms with van der Waals surface area (Å²) in [4.78, 5) is 24.2. The van der Waals surface area contributed by atoms with Crippen LogP contribution in [0.4, 0.5) is 0 Å². The van der Waals surface area contributed by atoms with Crippen molar-refractivity contribution < 1.29 is 28.9 Å². The number of carbonyl (C=O) groups is 2. The summed E-state index contributed by atoms with van der Waals surface area (Å²) in [5, 5.41) is 8.71. The number of benzene rings is 2. The number of rotatable bonds is 12. The lowest BCUT2D eigenvalue weighted by Gasteiger charge is -2.08. The highest BCUT2D eigenvalue weighted by atomic mass is 16.5. The fourth-order valence-electron chi connectivity index (χ4n) is 2.52. The lowest BCUT2D eigenvalue weighted by Crippen LogP contribution is -2.09. The van der Waals surface area contributed by atoms with Gasteiger partial charge in [0.05, 0.1) is 24.3 Å². The molecule has 0 saturated carbocycles. The molecule has 6 heteroatoms. The maximum Gasteiger partial charge on any atom is 0.343 e. The first-order chi connectivity index (χ1) is 14.1. The van der Waals surface area contributed by atoms with Crippen molar-refractivity contribution >= 4 is 11.9 Å². The van der Waals surface area contributed by atoms with Gasteiger partial charge in [-0.2, -0.15) is 0 Å². The van der Waals surface area contributed by atoms with E-state index in [1.54, 1.807) is 48.5 Å². The molecule has 0 unspecified atom stereocenters. The molecule has 29 heavy (non-hydrogen) atoms. The van der Waals surface area contributed by atoms with Crippen molar-refractivity contribution in [3.8, 4) is 11.5 Å². The van der Waals surface area contributed by atoms with Gasteiger partial charge in [0.2, 0.25) is 0 Å². The van der Waals surface area contributed by atoms with E-state index in [1.807, 2.05) is 0 Å². The molecule has 1 N–H and O–H groups in total. The Morgan fingerprint density at radius 2 is 1.34 bits per heavy atom. The van der Waals surface area contributed by atoms with Gasteiger partial charge in [-0.05, 0) is 67.8 Å². The molecule has 2 rings (SSSR count). The number of esters is 2. The van der Waals surface area contributed by atoms with E-state index in [2.05, 4.69) is 6.92 Å². The second kappa shape index (κ2) is 12.6. The summed E-state index contributed by atoms with van der Waals surface area (Å²) in [5.74, 6) is 0.128. The highest BCUT2D eigenvalue weighted by Crippen LogP contribution is 2.17. The summed E-state index contributed by atoms with van der Waals surface area (Å²) in [7, 11) is 0. The van der Waals surface area contributed by atoms with Gasteiger partial charge in [0.15, 0.2) is 0 Å². The third-order valence-electron chi connectivity index (χ3n) is 4.19. The molecule has 0 aromatic heterocycles. The fraction of sp³-hybridized carbons (Fsp3) is 0.391. The minimum atomic E-state index is -0.484. The predicted octanol–water partition coefficient (Wildman–Crippen LogP) is 4.40. The van der Waals surface area contributed by atoms with Gasteiger partial charge in [0.1, 0.15) is 11.5 Å². The van der Waals surface area contributed by atoms with Crippen LogP contribution in [-0.2, 0) is 4.74 Å². The number of unbranched alkanes of at least 4 members (excludes halogenated alkanes) is 3. The zero-order chi connectivity index (χ0) is 20.9. The van der Waals surface area contributed by atoms with Gasteiger partial charge in [0, 0.05) is 6.61 Å². The van der Waals surface area contributed by atoms with Crippen molar-refractivity contribution in [2.45, 2.75) is 39.0 Å². The van der Waals surface area contributed by atoms with Crippen LogP contribution in [-0.4, -0.2) is 36.9 Å². The molecule has 0 aliphatic heterocycles. The van der Waals surface area contributed by atoms with E-state index in [4.69, 9.17) is 19.3 Å². The Hall–Kier alpha value is -2.86. The fourth-order valence-corrected chi connectivity index (χ4v) is 2.52. The molecule has 0 fully saturated rings. The molecule has 0 amide bonds. The van der Waals surface area contributed by atoms with E-state index in [9.17, 15) is 9.59 Å². The molecule has 0 radical (unpaired) electrons. The highest BCUT2D eigenvalue weighted by molar-refractivity contribution is 5.92. The third kappa shape index (κ3) is 7.95. The van der Waals surface area contributed by atoms with Crippen LogP contribution in [0.3, 0.4) is 0 Å². The summed E-state index contributed by atoms with van der Waals surface area (Å²) >= 11 is 0. The summed E-state index contributed by atoms with van der Waals surface area (Å²) < 4.78 is 16.1. The number of carbonyl (C=O) groups excluding carboxylic acids is 2. The molecule has 2 aromatic rings. The summed E-state index contributed by atoms with van der Waals surface area (Å²) in [6.07, 6.45) is 4.48. The molecule has 0 bridgehead atoms. The number of aliphatic hydroxyl groups excluding tert-OH is 1. The molecule has 2 aromatic carbocycles. The zero-order valence-electron chi connectivity index (χ0n) is 16.8. The third-order valence-corrected chi connectivity index (χ3v) is 4.19. The van der Waals surface area contributed by atoms with Gasteiger partial charge in [0.25, 0.3) is 0 Å². The van der Waals surface area contributed by atoms with Gasteiger partial charge >= 0.3 is 11.9 Å². The highest BCUT2D eigenvalue weighted by Gasteiger charge is 2.11. The molecule has 0 aliphatic carbocycles. The number of hydrogen-bond donors (Lipinski definition) is 1. The smallest absolute Gasteiger partial charge is 0.343 e.